The van der Waals surface area contributed by atoms with Crippen molar-refractivity contribution in [2.24, 2.45) is 0 Å². The number of rotatable bonds is 1. The summed E-state index contributed by atoms with van der Waals surface area (Å²) in [5, 5.41) is 20.6. The lowest BCUT2D eigenvalue weighted by Crippen LogP contribution is -1.80. The fraction of sp³-hybridized carbons (Fsp3) is 0. The highest BCUT2D eigenvalue weighted by Crippen LogP contribution is 2.18. The second-order valence-corrected chi connectivity index (χ2v) is 2.71. The summed E-state index contributed by atoms with van der Waals surface area (Å²) in [6.45, 7) is 0. The number of tetrazole rings is 1. The van der Waals surface area contributed by atoms with Crippen LogP contribution in [0.2, 0.25) is 0 Å². The Morgan fingerprint density at radius 3 is 3.07 bits per heavy atom. The molecule has 1 N–H and O–H groups in total. The predicted octanol–water partition coefficient (Wildman–Crippen LogP) is 0.403. The molecule has 0 unspecified atom stereocenters. The summed E-state index contributed by atoms with van der Waals surface area (Å²) in [6.07, 6.45) is 0. The van der Waals surface area contributed by atoms with Crippen LogP contribution >= 0.6 is 0 Å². The molecule has 7 nitrogen and oxygen atoms in total. The average molecular weight is 188 g/mol. The zero-order valence-corrected chi connectivity index (χ0v) is 6.88. The Kier molecular flexibility index (Phi) is 1.32. The van der Waals surface area contributed by atoms with Gasteiger partial charge in [0.2, 0.25) is 0 Å². The Morgan fingerprint density at radius 1 is 1.21 bits per heavy atom. The van der Waals surface area contributed by atoms with E-state index in [4.69, 9.17) is 4.52 Å². The summed E-state index contributed by atoms with van der Waals surface area (Å²) in [5.41, 5.74) is 2.15. The standard InChI is InChI=1S/C7H4N6O/c1-2-5-6(14-13-8-5)3-4(1)7-9-11-12-10-7/h1-3H,(H,9,10,11,12). The van der Waals surface area contributed by atoms with E-state index in [0.29, 0.717) is 16.9 Å². The molecule has 0 saturated carbocycles. The van der Waals surface area contributed by atoms with Crippen LogP contribution in [-0.2, 0) is 0 Å². The zero-order valence-electron chi connectivity index (χ0n) is 6.88. The first-order valence-electron chi connectivity index (χ1n) is 3.90. The molecular formula is C7H4N6O. The third-order valence-electron chi connectivity index (χ3n) is 1.87. The molecular weight excluding hydrogens is 184 g/mol. The molecule has 0 atom stereocenters. The summed E-state index contributed by atoms with van der Waals surface area (Å²) in [6, 6.07) is 5.41. The summed E-state index contributed by atoms with van der Waals surface area (Å²) < 4.78 is 4.91. The van der Waals surface area contributed by atoms with Gasteiger partial charge in [0.1, 0.15) is 5.52 Å². The van der Waals surface area contributed by atoms with Crippen LogP contribution in [0.4, 0.5) is 0 Å². The van der Waals surface area contributed by atoms with Crippen LogP contribution in [0, 0.1) is 0 Å². The number of H-pyrrole nitrogens is 1. The summed E-state index contributed by atoms with van der Waals surface area (Å²) in [7, 11) is 0. The number of nitrogens with zero attached hydrogens (tertiary/aromatic N) is 5. The van der Waals surface area contributed by atoms with Gasteiger partial charge in [-0.25, -0.2) is 5.10 Å². The first-order valence-corrected chi connectivity index (χ1v) is 3.90. The minimum absolute atomic E-state index is 0.586. The summed E-state index contributed by atoms with van der Waals surface area (Å²) in [5.74, 6) is 0.586. The van der Waals surface area contributed by atoms with E-state index in [2.05, 4.69) is 31.0 Å². The van der Waals surface area contributed by atoms with Crippen molar-refractivity contribution in [1.29, 1.82) is 0 Å². The van der Waals surface area contributed by atoms with E-state index in [0.717, 1.165) is 5.56 Å². The van der Waals surface area contributed by atoms with Gasteiger partial charge in [-0.3, -0.25) is 0 Å². The second kappa shape index (κ2) is 2.59. The molecule has 0 aliphatic carbocycles. The molecule has 2 aromatic heterocycles. The van der Waals surface area contributed by atoms with Crippen molar-refractivity contribution in [1.82, 2.24) is 31.0 Å². The third kappa shape index (κ3) is 0.954. The molecule has 3 rings (SSSR count). The number of aromatic amines is 1. The van der Waals surface area contributed by atoms with Gasteiger partial charge in [0.25, 0.3) is 0 Å². The predicted molar refractivity (Wildman–Crippen MR) is 45.0 cm³/mol. The average Bonchev–Trinajstić information content (AvgIpc) is 2.88. The fourth-order valence-electron chi connectivity index (χ4n) is 1.21. The monoisotopic (exact) mass is 188 g/mol. The second-order valence-electron chi connectivity index (χ2n) is 2.71. The lowest BCUT2D eigenvalue weighted by atomic mass is 10.2. The number of hydrogen-bond acceptors (Lipinski definition) is 6. The Balaban J connectivity index is 2.23. The maximum Gasteiger partial charge on any atom is 0.188 e. The quantitative estimate of drug-likeness (QED) is 0.594. The number of hydrogen-bond donors (Lipinski definition) is 1. The van der Waals surface area contributed by atoms with E-state index in [1.165, 1.54) is 0 Å². The molecule has 0 radical (unpaired) electrons. The van der Waals surface area contributed by atoms with Crippen LogP contribution in [0.1, 0.15) is 0 Å². The van der Waals surface area contributed by atoms with E-state index in [1.54, 1.807) is 12.1 Å². The van der Waals surface area contributed by atoms with Crippen LogP contribution < -0.4 is 0 Å². The number of aromatic nitrogens is 6. The molecule has 0 aliphatic heterocycles. The smallest absolute Gasteiger partial charge is 0.188 e. The topological polar surface area (TPSA) is 93.4 Å². The molecule has 68 valence electrons. The van der Waals surface area contributed by atoms with Gasteiger partial charge in [0.15, 0.2) is 11.4 Å². The van der Waals surface area contributed by atoms with Gasteiger partial charge in [-0.2, -0.15) is 0 Å². The van der Waals surface area contributed by atoms with Gasteiger partial charge in [-0.05, 0) is 28.6 Å². The van der Waals surface area contributed by atoms with E-state index in [9.17, 15) is 0 Å². The van der Waals surface area contributed by atoms with Crippen LogP contribution in [-0.4, -0.2) is 31.0 Å². The maximum absolute atomic E-state index is 4.91. The van der Waals surface area contributed by atoms with Crippen molar-refractivity contribution < 1.29 is 4.52 Å². The highest BCUT2D eigenvalue weighted by atomic mass is 16.5. The maximum atomic E-state index is 4.91. The minimum atomic E-state index is 0.586. The van der Waals surface area contributed by atoms with Crippen molar-refractivity contribution in [3.63, 3.8) is 0 Å². The Morgan fingerprint density at radius 2 is 2.21 bits per heavy atom. The highest BCUT2D eigenvalue weighted by molar-refractivity contribution is 5.77. The molecule has 2 heterocycles. The number of nitrogens with one attached hydrogen (secondary N) is 1. The van der Waals surface area contributed by atoms with Gasteiger partial charge in [0, 0.05) is 10.8 Å². The largest absolute Gasteiger partial charge is 0.337 e. The van der Waals surface area contributed by atoms with Gasteiger partial charge < -0.3 is 4.52 Å². The van der Waals surface area contributed by atoms with Crippen LogP contribution in [0.25, 0.3) is 22.5 Å². The lowest BCUT2D eigenvalue weighted by Gasteiger charge is -1.91. The number of benzene rings is 1. The van der Waals surface area contributed by atoms with Gasteiger partial charge in [-0.15, -0.1) is 10.2 Å². The van der Waals surface area contributed by atoms with Crippen LogP contribution in [0.15, 0.2) is 22.7 Å². The first-order chi connectivity index (χ1) is 6.93. The van der Waals surface area contributed by atoms with Gasteiger partial charge >= 0.3 is 0 Å². The molecule has 0 spiro atoms. The van der Waals surface area contributed by atoms with Crippen LogP contribution in [0.5, 0.6) is 0 Å². The van der Waals surface area contributed by atoms with Crippen molar-refractivity contribution in [2.75, 3.05) is 0 Å². The van der Waals surface area contributed by atoms with E-state index in [1.807, 2.05) is 6.07 Å². The molecule has 0 amide bonds. The SMILES string of the molecule is c1cc2nnoc2cc1-c1nnn[nH]1. The third-order valence-corrected chi connectivity index (χ3v) is 1.87. The molecule has 3 aromatic rings. The Bertz CT molecular complexity index is 556. The molecule has 7 heteroatoms. The van der Waals surface area contributed by atoms with E-state index < -0.39 is 0 Å². The van der Waals surface area contributed by atoms with Gasteiger partial charge in [-0.1, -0.05) is 0 Å². The van der Waals surface area contributed by atoms with E-state index >= 15 is 0 Å². The fourth-order valence-corrected chi connectivity index (χ4v) is 1.21. The minimum Gasteiger partial charge on any atom is -0.337 e. The number of fused-ring (bicyclic) bond motifs is 1. The summed E-state index contributed by atoms with van der Waals surface area (Å²) in [4.78, 5) is 0. The normalized spacial score (nSPS) is 10.9. The first kappa shape index (κ1) is 7.13. The van der Waals surface area contributed by atoms with Crippen molar-refractivity contribution in [3.05, 3.63) is 18.2 Å². The lowest BCUT2D eigenvalue weighted by molar-refractivity contribution is 0.424. The van der Waals surface area contributed by atoms with Gasteiger partial charge in [0.05, 0.1) is 0 Å². The highest BCUT2D eigenvalue weighted by Gasteiger charge is 2.05. The van der Waals surface area contributed by atoms with Crippen molar-refractivity contribution in [2.45, 2.75) is 0 Å². The van der Waals surface area contributed by atoms with Crippen molar-refractivity contribution >= 4 is 11.1 Å². The Hall–Kier alpha value is -2.31. The van der Waals surface area contributed by atoms with Crippen molar-refractivity contribution in [3.8, 4) is 11.4 Å². The zero-order chi connectivity index (χ0) is 9.38. The van der Waals surface area contributed by atoms with E-state index in [-0.39, 0.29) is 0 Å². The molecule has 0 fully saturated rings. The summed E-state index contributed by atoms with van der Waals surface area (Å²) >= 11 is 0. The Labute approximate surface area is 77.1 Å². The molecule has 1 aromatic carbocycles. The van der Waals surface area contributed by atoms with Crippen LogP contribution in [0.3, 0.4) is 0 Å². The molecule has 0 bridgehead atoms. The molecule has 14 heavy (non-hydrogen) atoms. The molecule has 0 saturated heterocycles. The molecule has 0 aliphatic rings.